The molecule has 3 heteroatoms. The largest absolute Gasteiger partial charge is 0.397 e. The van der Waals surface area contributed by atoms with Gasteiger partial charge in [0.2, 0.25) is 5.90 Å². The lowest BCUT2D eigenvalue weighted by molar-refractivity contribution is 0.317. The zero-order valence-electron chi connectivity index (χ0n) is 3.93. The third kappa shape index (κ3) is 1.72. The minimum absolute atomic E-state index is 0.495. The first kappa shape index (κ1) is 5.43. The van der Waals surface area contributed by atoms with E-state index >= 15 is 0 Å². The maximum atomic E-state index is 4.65. The fourth-order valence-corrected chi connectivity index (χ4v) is 0.0527. The number of aliphatic imine (C=N–C) groups is 1. The molecule has 0 bridgehead atoms. The molecule has 0 aromatic heterocycles. The third-order valence-electron chi connectivity index (χ3n) is 0.485. The number of rotatable bonds is 0. The van der Waals surface area contributed by atoms with E-state index in [2.05, 4.69) is 15.7 Å². The summed E-state index contributed by atoms with van der Waals surface area (Å²) >= 11 is 0. The van der Waals surface area contributed by atoms with Crippen LogP contribution in [-0.4, -0.2) is 12.9 Å². The zero-order chi connectivity index (χ0) is 4.99. The van der Waals surface area contributed by atoms with Crippen LogP contribution in [0.1, 0.15) is 6.92 Å². The zero-order valence-corrected chi connectivity index (χ0v) is 3.93. The smallest absolute Gasteiger partial charge is 0.205 e. The number of nitrogens with two attached hydrogens (primary N) is 1. The van der Waals surface area contributed by atoms with Crippen LogP contribution in [0.5, 0.6) is 0 Å². The first-order valence-corrected chi connectivity index (χ1v) is 1.61. The number of nitrogens with zero attached hydrogens (tertiary/aromatic N) is 1. The van der Waals surface area contributed by atoms with Crippen LogP contribution in [0, 0.1) is 0 Å². The van der Waals surface area contributed by atoms with Crippen LogP contribution in [0.2, 0.25) is 0 Å². The van der Waals surface area contributed by atoms with Crippen molar-refractivity contribution in [2.75, 3.05) is 7.05 Å². The fourth-order valence-electron chi connectivity index (χ4n) is 0.0527. The van der Waals surface area contributed by atoms with E-state index in [-0.39, 0.29) is 0 Å². The van der Waals surface area contributed by atoms with E-state index in [0.29, 0.717) is 5.90 Å². The molecule has 0 atom stereocenters. The maximum Gasteiger partial charge on any atom is 0.205 e. The van der Waals surface area contributed by atoms with Gasteiger partial charge in [-0.05, 0) is 0 Å². The van der Waals surface area contributed by atoms with Crippen LogP contribution in [0.3, 0.4) is 0 Å². The topological polar surface area (TPSA) is 47.6 Å². The second-order valence-corrected chi connectivity index (χ2v) is 0.860. The lowest BCUT2D eigenvalue weighted by Gasteiger charge is -1.88. The van der Waals surface area contributed by atoms with E-state index in [0.717, 1.165) is 0 Å². The Morgan fingerprint density at radius 2 is 2.33 bits per heavy atom. The molecule has 3 nitrogen and oxygen atoms in total. The predicted molar refractivity (Wildman–Crippen MR) is 24.3 cm³/mol. The van der Waals surface area contributed by atoms with Gasteiger partial charge < -0.3 is 4.84 Å². The first-order chi connectivity index (χ1) is 2.81. The second kappa shape index (κ2) is 2.66. The standard InChI is InChI=1S/C3H8N2O/c1-3(5-2)6-4/h4H2,1-2H3. The molecule has 6 heavy (non-hydrogen) atoms. The molecular formula is C3H8N2O. The summed E-state index contributed by atoms with van der Waals surface area (Å²) in [4.78, 5) is 7.73. The Morgan fingerprint density at radius 1 is 1.83 bits per heavy atom. The van der Waals surface area contributed by atoms with Crippen molar-refractivity contribution in [3.8, 4) is 0 Å². The highest BCUT2D eigenvalue weighted by molar-refractivity contribution is 5.72. The Bertz CT molecular complexity index is 59.8. The summed E-state index contributed by atoms with van der Waals surface area (Å²) in [6.07, 6.45) is 0. The summed E-state index contributed by atoms with van der Waals surface area (Å²) in [5.41, 5.74) is 0. The molecule has 2 N–H and O–H groups in total. The molecule has 0 rings (SSSR count). The number of hydrogen-bond acceptors (Lipinski definition) is 3. The Balaban J connectivity index is 3.22. The molecule has 0 heterocycles. The highest BCUT2D eigenvalue weighted by Crippen LogP contribution is 1.66. The Morgan fingerprint density at radius 3 is 2.33 bits per heavy atom. The Hall–Kier alpha value is -0.570. The van der Waals surface area contributed by atoms with Gasteiger partial charge >= 0.3 is 0 Å². The van der Waals surface area contributed by atoms with Gasteiger partial charge in [0.25, 0.3) is 0 Å². The van der Waals surface area contributed by atoms with Crippen molar-refractivity contribution in [3.05, 3.63) is 0 Å². The van der Waals surface area contributed by atoms with Gasteiger partial charge in [-0.15, -0.1) is 0 Å². The van der Waals surface area contributed by atoms with Crippen LogP contribution in [0.25, 0.3) is 0 Å². The number of hydrogen-bond donors (Lipinski definition) is 1. The summed E-state index contributed by atoms with van der Waals surface area (Å²) in [5, 5.41) is 0. The molecule has 0 aliphatic carbocycles. The maximum absolute atomic E-state index is 4.65. The summed E-state index contributed by atoms with van der Waals surface area (Å²) in [7, 11) is 1.61. The lowest BCUT2D eigenvalue weighted by Crippen LogP contribution is -2.04. The fraction of sp³-hybridized carbons (Fsp3) is 0.667. The minimum Gasteiger partial charge on any atom is -0.397 e. The van der Waals surface area contributed by atoms with Crippen molar-refractivity contribution in [1.29, 1.82) is 0 Å². The average Bonchev–Trinajstić information content (AvgIpc) is 1.65. The van der Waals surface area contributed by atoms with Crippen molar-refractivity contribution in [3.63, 3.8) is 0 Å². The molecule has 0 saturated heterocycles. The van der Waals surface area contributed by atoms with Gasteiger partial charge in [0.15, 0.2) is 0 Å². The van der Waals surface area contributed by atoms with Crippen LogP contribution in [0.4, 0.5) is 0 Å². The average molecular weight is 88.1 g/mol. The van der Waals surface area contributed by atoms with Crippen molar-refractivity contribution in [1.82, 2.24) is 0 Å². The monoisotopic (exact) mass is 88.1 g/mol. The van der Waals surface area contributed by atoms with Crippen molar-refractivity contribution < 1.29 is 4.84 Å². The van der Waals surface area contributed by atoms with Gasteiger partial charge in [-0.25, -0.2) is 0 Å². The van der Waals surface area contributed by atoms with Crippen LogP contribution in [-0.2, 0) is 4.84 Å². The lowest BCUT2D eigenvalue weighted by atomic mass is 10.8. The molecule has 0 fully saturated rings. The van der Waals surface area contributed by atoms with Crippen molar-refractivity contribution in [2.24, 2.45) is 10.9 Å². The summed E-state index contributed by atoms with van der Waals surface area (Å²) in [5.74, 6) is 5.15. The van der Waals surface area contributed by atoms with Crippen LogP contribution in [0.15, 0.2) is 4.99 Å². The van der Waals surface area contributed by atoms with Crippen LogP contribution < -0.4 is 5.90 Å². The van der Waals surface area contributed by atoms with Gasteiger partial charge in [-0.3, -0.25) is 4.99 Å². The molecular weight excluding hydrogens is 80.0 g/mol. The molecule has 0 saturated carbocycles. The molecule has 0 aliphatic rings. The third-order valence-corrected chi connectivity index (χ3v) is 0.485. The van der Waals surface area contributed by atoms with Gasteiger partial charge in [-0.2, -0.15) is 5.90 Å². The highest BCUT2D eigenvalue weighted by atomic mass is 16.6. The van der Waals surface area contributed by atoms with Crippen molar-refractivity contribution in [2.45, 2.75) is 6.92 Å². The van der Waals surface area contributed by atoms with Gasteiger partial charge in [0.1, 0.15) is 0 Å². The second-order valence-electron chi connectivity index (χ2n) is 0.860. The van der Waals surface area contributed by atoms with E-state index in [9.17, 15) is 0 Å². The molecule has 0 radical (unpaired) electrons. The van der Waals surface area contributed by atoms with E-state index in [1.807, 2.05) is 0 Å². The Labute approximate surface area is 36.8 Å². The predicted octanol–water partition coefficient (Wildman–Crippen LogP) is -0.0751. The quantitative estimate of drug-likeness (QED) is 0.256. The molecule has 0 amide bonds. The van der Waals surface area contributed by atoms with Gasteiger partial charge in [0, 0.05) is 14.0 Å². The molecule has 0 aromatic rings. The van der Waals surface area contributed by atoms with E-state index in [1.54, 1.807) is 14.0 Å². The van der Waals surface area contributed by atoms with Crippen LogP contribution >= 0.6 is 0 Å². The highest BCUT2D eigenvalue weighted by Gasteiger charge is 1.75. The van der Waals surface area contributed by atoms with Gasteiger partial charge in [0.05, 0.1) is 0 Å². The molecule has 36 valence electrons. The normalized spacial score (nSPS) is 11.5. The summed E-state index contributed by atoms with van der Waals surface area (Å²) < 4.78 is 0. The van der Waals surface area contributed by atoms with Crippen molar-refractivity contribution >= 4 is 5.90 Å². The Kier molecular flexibility index (Phi) is 2.40. The first-order valence-electron chi connectivity index (χ1n) is 1.61. The summed E-state index contributed by atoms with van der Waals surface area (Å²) in [6, 6.07) is 0. The van der Waals surface area contributed by atoms with Gasteiger partial charge in [-0.1, -0.05) is 0 Å². The van der Waals surface area contributed by atoms with E-state index < -0.39 is 0 Å². The minimum atomic E-state index is 0.495. The summed E-state index contributed by atoms with van der Waals surface area (Å²) in [6.45, 7) is 1.68. The van der Waals surface area contributed by atoms with E-state index in [4.69, 9.17) is 0 Å². The molecule has 0 aromatic carbocycles. The molecule has 0 unspecified atom stereocenters. The SMILES string of the molecule is CN=C(C)ON. The molecule has 0 aliphatic heterocycles. The molecule has 0 spiro atoms. The van der Waals surface area contributed by atoms with E-state index in [1.165, 1.54) is 0 Å².